The molecule has 0 unspecified atom stereocenters. The first-order valence-electron chi connectivity index (χ1n) is 12.9. The summed E-state index contributed by atoms with van der Waals surface area (Å²) in [5.41, 5.74) is 3.24. The van der Waals surface area contributed by atoms with E-state index in [1.165, 1.54) is 48.7 Å². The van der Waals surface area contributed by atoms with E-state index >= 15 is 0 Å². The Labute approximate surface area is 256 Å². The fraction of sp³-hybridized carbons (Fsp3) is 0.0303. The molecule has 0 heterocycles. The fourth-order valence-electron chi connectivity index (χ4n) is 3.94. The van der Waals surface area contributed by atoms with E-state index in [9.17, 15) is 14.4 Å². The number of hydrazone groups is 1. The molecule has 1 N–H and O–H groups in total. The number of fused-ring (bicyclic) bond motifs is 1. The zero-order valence-electron chi connectivity index (χ0n) is 22.3. The summed E-state index contributed by atoms with van der Waals surface area (Å²) >= 11 is 11.8. The van der Waals surface area contributed by atoms with Crippen molar-refractivity contribution in [3.05, 3.63) is 136 Å². The normalized spacial score (nSPS) is 10.8. The van der Waals surface area contributed by atoms with Crippen LogP contribution in [0, 0.1) is 0 Å². The SMILES string of the molecule is O=C(COc1cccc2ccccc12)NN=Cc1ccc(OC(=O)c2ccc(Cl)cc2)cc1OC(=O)c1ccc(Cl)cc1. The summed E-state index contributed by atoms with van der Waals surface area (Å²) in [7, 11) is 0. The third kappa shape index (κ3) is 7.77. The van der Waals surface area contributed by atoms with Crippen LogP contribution in [0.4, 0.5) is 0 Å². The highest BCUT2D eigenvalue weighted by Crippen LogP contribution is 2.27. The van der Waals surface area contributed by atoms with E-state index in [4.69, 9.17) is 37.4 Å². The van der Waals surface area contributed by atoms with Gasteiger partial charge in [0.2, 0.25) is 0 Å². The van der Waals surface area contributed by atoms with Gasteiger partial charge in [-0.25, -0.2) is 15.0 Å². The minimum Gasteiger partial charge on any atom is -0.483 e. The van der Waals surface area contributed by atoms with Crippen molar-refractivity contribution in [2.75, 3.05) is 6.61 Å². The maximum atomic E-state index is 12.8. The summed E-state index contributed by atoms with van der Waals surface area (Å²) in [5, 5.41) is 6.78. The number of amides is 1. The summed E-state index contributed by atoms with van der Waals surface area (Å²) in [5.74, 6) is -1.10. The molecule has 0 aliphatic heterocycles. The highest BCUT2D eigenvalue weighted by molar-refractivity contribution is 6.31. The minimum absolute atomic E-state index is 0.0337. The van der Waals surface area contributed by atoms with Gasteiger partial charge in [-0.15, -0.1) is 0 Å². The van der Waals surface area contributed by atoms with E-state index in [1.807, 2.05) is 36.4 Å². The standard InChI is InChI=1S/C33H22Cl2N2O6/c34-25-13-8-22(9-14-25)32(39)42-27-17-12-24(30(18-27)43-33(40)23-10-15-26(35)16-11-23)19-36-37-31(38)20-41-29-7-3-5-21-4-1-2-6-28(21)29/h1-19H,20H2,(H,37,38). The Bertz CT molecular complexity index is 1820. The molecule has 43 heavy (non-hydrogen) atoms. The van der Waals surface area contributed by atoms with E-state index in [2.05, 4.69) is 10.5 Å². The lowest BCUT2D eigenvalue weighted by molar-refractivity contribution is -0.123. The van der Waals surface area contributed by atoms with E-state index in [1.54, 1.807) is 30.3 Å². The molecule has 8 nitrogen and oxygen atoms in total. The average molecular weight is 613 g/mol. The number of benzene rings is 5. The lowest BCUT2D eigenvalue weighted by atomic mass is 10.1. The molecule has 0 atom stereocenters. The number of halogens is 2. The van der Waals surface area contributed by atoms with Gasteiger partial charge in [0.1, 0.15) is 17.2 Å². The van der Waals surface area contributed by atoms with Gasteiger partial charge in [0.25, 0.3) is 5.91 Å². The second-order valence-corrected chi connectivity index (χ2v) is 9.92. The molecule has 1 amide bonds. The molecule has 0 aliphatic rings. The van der Waals surface area contributed by atoms with Crippen LogP contribution in [0.2, 0.25) is 10.0 Å². The van der Waals surface area contributed by atoms with Crippen molar-refractivity contribution in [3.63, 3.8) is 0 Å². The lowest BCUT2D eigenvalue weighted by Crippen LogP contribution is -2.24. The molecule has 5 rings (SSSR count). The molecule has 0 aromatic heterocycles. The van der Waals surface area contributed by atoms with Crippen LogP contribution >= 0.6 is 23.2 Å². The third-order valence-electron chi connectivity index (χ3n) is 6.06. The van der Waals surface area contributed by atoms with Crippen LogP contribution in [0.3, 0.4) is 0 Å². The maximum absolute atomic E-state index is 12.8. The van der Waals surface area contributed by atoms with Gasteiger partial charge in [0.05, 0.1) is 17.3 Å². The van der Waals surface area contributed by atoms with Gasteiger partial charge < -0.3 is 14.2 Å². The summed E-state index contributed by atoms with van der Waals surface area (Å²) in [6, 6.07) is 30.0. The highest BCUT2D eigenvalue weighted by Gasteiger charge is 2.15. The average Bonchev–Trinajstić information content (AvgIpc) is 3.01. The van der Waals surface area contributed by atoms with Crippen molar-refractivity contribution in [2.24, 2.45) is 5.10 Å². The molecule has 0 spiro atoms. The molecule has 0 saturated carbocycles. The highest BCUT2D eigenvalue weighted by atomic mass is 35.5. The molecule has 10 heteroatoms. The zero-order chi connectivity index (χ0) is 30.2. The monoisotopic (exact) mass is 612 g/mol. The zero-order valence-corrected chi connectivity index (χ0v) is 23.8. The molecule has 0 fully saturated rings. The Morgan fingerprint density at radius 2 is 1.33 bits per heavy atom. The van der Waals surface area contributed by atoms with Crippen LogP contribution in [-0.4, -0.2) is 30.7 Å². The number of nitrogens with one attached hydrogen (secondary N) is 1. The first kappa shape index (κ1) is 29.3. The van der Waals surface area contributed by atoms with Crippen LogP contribution in [0.25, 0.3) is 10.8 Å². The molecule has 5 aromatic rings. The number of esters is 2. The van der Waals surface area contributed by atoms with E-state index in [-0.39, 0.29) is 29.2 Å². The predicted octanol–water partition coefficient (Wildman–Crippen LogP) is 7.11. The van der Waals surface area contributed by atoms with Gasteiger partial charge in [-0.1, -0.05) is 59.6 Å². The number of hydrogen-bond acceptors (Lipinski definition) is 7. The molecule has 214 valence electrons. The van der Waals surface area contributed by atoms with Crippen LogP contribution in [0.1, 0.15) is 26.3 Å². The van der Waals surface area contributed by atoms with E-state index in [0.717, 1.165) is 10.8 Å². The number of hydrogen-bond donors (Lipinski definition) is 1. The summed E-state index contributed by atoms with van der Waals surface area (Å²) in [6.45, 7) is -0.274. The largest absolute Gasteiger partial charge is 0.483 e. The van der Waals surface area contributed by atoms with Crippen LogP contribution in [0.5, 0.6) is 17.2 Å². The smallest absolute Gasteiger partial charge is 0.343 e. The molecule has 5 aromatic carbocycles. The van der Waals surface area contributed by atoms with Gasteiger partial charge in [0, 0.05) is 27.1 Å². The van der Waals surface area contributed by atoms with E-state index in [0.29, 0.717) is 21.4 Å². The number of nitrogens with zero attached hydrogens (tertiary/aromatic N) is 1. The van der Waals surface area contributed by atoms with Crippen LogP contribution in [-0.2, 0) is 4.79 Å². The topological polar surface area (TPSA) is 103 Å². The second kappa shape index (κ2) is 13.7. The van der Waals surface area contributed by atoms with Crippen LogP contribution in [0.15, 0.2) is 114 Å². The molecule has 0 aliphatic carbocycles. The fourth-order valence-corrected chi connectivity index (χ4v) is 4.19. The Morgan fingerprint density at radius 1 is 0.698 bits per heavy atom. The van der Waals surface area contributed by atoms with E-state index < -0.39 is 17.8 Å². The van der Waals surface area contributed by atoms with Crippen molar-refractivity contribution < 1.29 is 28.6 Å². The number of rotatable bonds is 9. The minimum atomic E-state index is -0.681. The summed E-state index contributed by atoms with van der Waals surface area (Å²) in [4.78, 5) is 37.9. The number of carbonyl (C=O) groups is 3. The third-order valence-corrected chi connectivity index (χ3v) is 6.56. The molecule has 0 radical (unpaired) electrons. The maximum Gasteiger partial charge on any atom is 0.343 e. The first-order chi connectivity index (χ1) is 20.9. The Hall–Kier alpha value is -5.18. The number of ether oxygens (including phenoxy) is 3. The van der Waals surface area contributed by atoms with Crippen molar-refractivity contribution in [1.82, 2.24) is 5.43 Å². The molecule has 0 bridgehead atoms. The Morgan fingerprint density at radius 3 is 2.02 bits per heavy atom. The Balaban J connectivity index is 1.30. The van der Waals surface area contributed by atoms with Gasteiger partial charge in [-0.2, -0.15) is 5.10 Å². The van der Waals surface area contributed by atoms with Gasteiger partial charge in [-0.3, -0.25) is 4.79 Å². The van der Waals surface area contributed by atoms with Crippen molar-refractivity contribution >= 4 is 58.0 Å². The first-order valence-corrected chi connectivity index (χ1v) is 13.6. The second-order valence-electron chi connectivity index (χ2n) is 9.05. The number of carbonyl (C=O) groups excluding carboxylic acids is 3. The summed E-state index contributed by atoms with van der Waals surface area (Å²) < 4.78 is 16.8. The molecule has 0 saturated heterocycles. The van der Waals surface area contributed by atoms with Gasteiger partial charge in [0.15, 0.2) is 6.61 Å². The van der Waals surface area contributed by atoms with Gasteiger partial charge >= 0.3 is 11.9 Å². The van der Waals surface area contributed by atoms with Crippen LogP contribution < -0.4 is 19.6 Å². The Kier molecular flexibility index (Phi) is 9.31. The molecular formula is C33H22Cl2N2O6. The van der Waals surface area contributed by atoms with Crippen molar-refractivity contribution in [1.29, 1.82) is 0 Å². The predicted molar refractivity (Wildman–Crippen MR) is 164 cm³/mol. The van der Waals surface area contributed by atoms with Crippen molar-refractivity contribution in [3.8, 4) is 17.2 Å². The molecular weight excluding hydrogens is 591 g/mol. The lowest BCUT2D eigenvalue weighted by Gasteiger charge is -2.11. The summed E-state index contributed by atoms with van der Waals surface area (Å²) in [6.07, 6.45) is 1.30. The quantitative estimate of drug-likeness (QED) is 0.0823. The van der Waals surface area contributed by atoms with Crippen molar-refractivity contribution in [2.45, 2.75) is 0 Å². The van der Waals surface area contributed by atoms with Gasteiger partial charge in [-0.05, 0) is 72.1 Å².